The largest absolute Gasteiger partial charge is 0.481 e. The highest BCUT2D eigenvalue weighted by Crippen LogP contribution is 2.29. The molecule has 17 heavy (non-hydrogen) atoms. The molecule has 4 nitrogen and oxygen atoms in total. The van der Waals surface area contributed by atoms with Crippen LogP contribution >= 0.6 is 11.6 Å². The minimum absolute atomic E-state index is 0.391. The summed E-state index contributed by atoms with van der Waals surface area (Å²) in [6.07, 6.45) is 1.15. The molecule has 96 valence electrons. The minimum atomic E-state index is -0.832. The molecule has 0 unspecified atom stereocenters. The molecule has 0 aliphatic rings. The van der Waals surface area contributed by atoms with E-state index in [1.807, 2.05) is 13.8 Å². The molecule has 1 rings (SSSR count). The van der Waals surface area contributed by atoms with E-state index < -0.39 is 11.4 Å². The lowest BCUT2D eigenvalue weighted by Gasteiger charge is -2.19. The molecule has 0 aromatic carbocycles. The van der Waals surface area contributed by atoms with Crippen LogP contribution in [0.1, 0.15) is 39.1 Å². The lowest BCUT2D eigenvalue weighted by Crippen LogP contribution is -2.27. The van der Waals surface area contributed by atoms with E-state index >= 15 is 0 Å². The van der Waals surface area contributed by atoms with E-state index in [-0.39, 0.29) is 0 Å². The number of hydrogen-bond acceptors (Lipinski definition) is 2. The minimum Gasteiger partial charge on any atom is -0.481 e. The highest BCUT2D eigenvalue weighted by Gasteiger charge is 2.30. The number of nitrogens with zero attached hydrogens (tertiary/aromatic N) is 2. The van der Waals surface area contributed by atoms with Crippen LogP contribution in [0.3, 0.4) is 0 Å². The van der Waals surface area contributed by atoms with Crippen LogP contribution in [0.4, 0.5) is 0 Å². The summed E-state index contributed by atoms with van der Waals surface area (Å²) in [5.74, 6) is -0.824. The number of halogens is 1. The zero-order valence-electron chi connectivity index (χ0n) is 10.7. The standard InChI is InChI=1S/C12H19ClN2O2/c1-5-8-10(13)9(15(6-2)14-8)7-12(3,4)11(16)17/h5-7H2,1-4H3,(H,16,17). The first-order valence-corrected chi connectivity index (χ1v) is 6.18. The zero-order chi connectivity index (χ0) is 13.2. The fourth-order valence-corrected chi connectivity index (χ4v) is 2.02. The van der Waals surface area contributed by atoms with Crippen LogP contribution in [-0.2, 0) is 24.2 Å². The molecule has 0 atom stereocenters. The predicted octanol–water partition coefficient (Wildman–Crippen LogP) is 2.77. The molecule has 0 amide bonds. The lowest BCUT2D eigenvalue weighted by atomic mass is 9.88. The molecule has 5 heteroatoms. The Morgan fingerprint density at radius 3 is 2.47 bits per heavy atom. The molecule has 1 aromatic heterocycles. The zero-order valence-corrected chi connectivity index (χ0v) is 11.5. The number of carboxylic acids is 1. The SMILES string of the molecule is CCc1nn(CC)c(CC(C)(C)C(=O)O)c1Cl. The van der Waals surface area contributed by atoms with E-state index in [0.717, 1.165) is 17.8 Å². The smallest absolute Gasteiger partial charge is 0.309 e. The Hall–Kier alpha value is -1.03. The highest BCUT2D eigenvalue weighted by molar-refractivity contribution is 6.31. The van der Waals surface area contributed by atoms with Gasteiger partial charge in [0.15, 0.2) is 0 Å². The van der Waals surface area contributed by atoms with E-state index in [4.69, 9.17) is 16.7 Å². The van der Waals surface area contributed by atoms with Gasteiger partial charge in [0, 0.05) is 13.0 Å². The third kappa shape index (κ3) is 2.80. The molecule has 0 aliphatic heterocycles. The van der Waals surface area contributed by atoms with Gasteiger partial charge in [0.25, 0.3) is 0 Å². The first-order valence-electron chi connectivity index (χ1n) is 5.81. The van der Waals surface area contributed by atoms with E-state index in [0.29, 0.717) is 18.0 Å². The van der Waals surface area contributed by atoms with Crippen molar-refractivity contribution in [1.29, 1.82) is 0 Å². The summed E-state index contributed by atoms with van der Waals surface area (Å²) >= 11 is 6.24. The summed E-state index contributed by atoms with van der Waals surface area (Å²) in [4.78, 5) is 11.1. The van der Waals surface area contributed by atoms with Gasteiger partial charge in [0.2, 0.25) is 0 Å². The molecular weight excluding hydrogens is 240 g/mol. The summed E-state index contributed by atoms with van der Waals surface area (Å²) in [6, 6.07) is 0. The molecule has 0 saturated heterocycles. The van der Waals surface area contributed by atoms with Crippen molar-refractivity contribution in [3.8, 4) is 0 Å². The van der Waals surface area contributed by atoms with Gasteiger partial charge in [-0.1, -0.05) is 18.5 Å². The monoisotopic (exact) mass is 258 g/mol. The molecule has 0 fully saturated rings. The van der Waals surface area contributed by atoms with Gasteiger partial charge in [-0.3, -0.25) is 9.48 Å². The topological polar surface area (TPSA) is 55.1 Å². The fourth-order valence-electron chi connectivity index (χ4n) is 1.68. The Bertz CT molecular complexity index is 424. The number of hydrogen-bond donors (Lipinski definition) is 1. The highest BCUT2D eigenvalue weighted by atomic mass is 35.5. The Labute approximate surface area is 107 Å². The van der Waals surface area contributed by atoms with Gasteiger partial charge in [-0.2, -0.15) is 5.10 Å². The van der Waals surface area contributed by atoms with Crippen molar-refractivity contribution in [2.24, 2.45) is 5.41 Å². The van der Waals surface area contributed by atoms with E-state index in [9.17, 15) is 4.79 Å². The van der Waals surface area contributed by atoms with Crippen LogP contribution in [0.15, 0.2) is 0 Å². The first kappa shape index (κ1) is 14.0. The summed E-state index contributed by atoms with van der Waals surface area (Å²) in [5.41, 5.74) is 0.824. The number of carbonyl (C=O) groups is 1. The molecule has 0 bridgehead atoms. The molecule has 0 saturated carbocycles. The summed E-state index contributed by atoms with van der Waals surface area (Å²) in [6.45, 7) is 8.06. The van der Waals surface area contributed by atoms with Crippen LogP contribution in [0.25, 0.3) is 0 Å². The summed E-state index contributed by atoms with van der Waals surface area (Å²) in [5, 5.41) is 14.1. The Morgan fingerprint density at radius 2 is 2.06 bits per heavy atom. The number of aryl methyl sites for hydroxylation is 2. The van der Waals surface area contributed by atoms with Crippen molar-refractivity contribution in [3.05, 3.63) is 16.4 Å². The van der Waals surface area contributed by atoms with E-state index in [1.165, 1.54) is 0 Å². The van der Waals surface area contributed by atoms with Gasteiger partial charge in [-0.15, -0.1) is 0 Å². The fraction of sp³-hybridized carbons (Fsp3) is 0.667. The Balaban J connectivity index is 3.13. The third-order valence-electron chi connectivity index (χ3n) is 2.88. The van der Waals surface area contributed by atoms with Crippen LogP contribution in [-0.4, -0.2) is 20.9 Å². The maximum atomic E-state index is 11.1. The first-order chi connectivity index (χ1) is 7.83. The van der Waals surface area contributed by atoms with Gasteiger partial charge in [0.05, 0.1) is 21.8 Å². The number of rotatable bonds is 5. The second-order valence-corrected chi connectivity index (χ2v) is 5.12. The van der Waals surface area contributed by atoms with Crippen LogP contribution in [0.2, 0.25) is 5.02 Å². The maximum Gasteiger partial charge on any atom is 0.309 e. The van der Waals surface area contributed by atoms with Crippen molar-refractivity contribution < 1.29 is 9.90 Å². The van der Waals surface area contributed by atoms with Crippen LogP contribution < -0.4 is 0 Å². The van der Waals surface area contributed by atoms with Crippen LogP contribution in [0, 0.1) is 5.41 Å². The van der Waals surface area contributed by atoms with Crippen molar-refractivity contribution in [2.75, 3.05) is 0 Å². The molecular formula is C12H19ClN2O2. The molecule has 1 aromatic rings. The maximum absolute atomic E-state index is 11.1. The second kappa shape index (κ2) is 5.08. The number of carboxylic acid groups (broad SMARTS) is 1. The van der Waals surface area contributed by atoms with Crippen molar-refractivity contribution in [1.82, 2.24) is 9.78 Å². The van der Waals surface area contributed by atoms with Crippen molar-refractivity contribution in [2.45, 2.75) is 47.1 Å². The Morgan fingerprint density at radius 1 is 1.47 bits per heavy atom. The van der Waals surface area contributed by atoms with Gasteiger partial charge in [0.1, 0.15) is 0 Å². The van der Waals surface area contributed by atoms with Gasteiger partial charge < -0.3 is 5.11 Å². The predicted molar refractivity (Wildman–Crippen MR) is 67.4 cm³/mol. The quantitative estimate of drug-likeness (QED) is 0.884. The average Bonchev–Trinajstić information content (AvgIpc) is 2.55. The van der Waals surface area contributed by atoms with E-state index in [2.05, 4.69) is 5.10 Å². The second-order valence-electron chi connectivity index (χ2n) is 4.74. The molecule has 1 N–H and O–H groups in total. The van der Waals surface area contributed by atoms with Crippen molar-refractivity contribution >= 4 is 17.6 Å². The Kier molecular flexibility index (Phi) is 4.20. The molecule has 1 heterocycles. The molecule has 0 spiro atoms. The normalized spacial score (nSPS) is 11.8. The molecule has 0 aliphatic carbocycles. The summed E-state index contributed by atoms with van der Waals surface area (Å²) < 4.78 is 1.80. The molecule has 0 radical (unpaired) electrons. The van der Waals surface area contributed by atoms with Crippen LogP contribution in [0.5, 0.6) is 0 Å². The third-order valence-corrected chi connectivity index (χ3v) is 3.32. The van der Waals surface area contributed by atoms with Gasteiger partial charge in [-0.05, 0) is 27.2 Å². The van der Waals surface area contributed by atoms with E-state index in [1.54, 1.807) is 18.5 Å². The number of aromatic nitrogens is 2. The number of aliphatic carboxylic acids is 1. The summed E-state index contributed by atoms with van der Waals surface area (Å²) in [7, 11) is 0. The van der Waals surface area contributed by atoms with Crippen molar-refractivity contribution in [3.63, 3.8) is 0 Å². The average molecular weight is 259 g/mol. The van der Waals surface area contributed by atoms with Gasteiger partial charge in [-0.25, -0.2) is 0 Å². The lowest BCUT2D eigenvalue weighted by molar-refractivity contribution is -0.146. The van der Waals surface area contributed by atoms with Gasteiger partial charge >= 0.3 is 5.97 Å².